The number of amides is 1. The number of nitrogens with one attached hydrogen (secondary N) is 1. The van der Waals surface area contributed by atoms with Gasteiger partial charge in [0.25, 0.3) is 0 Å². The molecule has 0 radical (unpaired) electrons. The molecule has 1 aromatic rings. The third-order valence-electron chi connectivity index (χ3n) is 5.81. The van der Waals surface area contributed by atoms with E-state index in [1.807, 2.05) is 0 Å². The predicted octanol–water partition coefficient (Wildman–Crippen LogP) is 3.36. The SMILES string of the molecule is CN(C)c1ccc(C(CNC(=O)CC2CCCCO2)N2CCCCC2)cc1. The predicted molar refractivity (Wildman–Crippen MR) is 110 cm³/mol. The van der Waals surface area contributed by atoms with Crippen molar-refractivity contribution < 1.29 is 9.53 Å². The Bertz CT molecular complexity index is 576. The smallest absolute Gasteiger partial charge is 0.222 e. The van der Waals surface area contributed by atoms with Crippen molar-refractivity contribution in [2.75, 3.05) is 45.2 Å². The molecule has 2 atom stereocenters. The quantitative estimate of drug-likeness (QED) is 0.796. The molecule has 1 aromatic carbocycles. The Hall–Kier alpha value is -1.59. The summed E-state index contributed by atoms with van der Waals surface area (Å²) in [4.78, 5) is 17.1. The van der Waals surface area contributed by atoms with Crippen LogP contribution in [-0.2, 0) is 9.53 Å². The minimum atomic E-state index is 0.103. The van der Waals surface area contributed by atoms with Gasteiger partial charge in [0.2, 0.25) is 5.91 Å². The summed E-state index contributed by atoms with van der Waals surface area (Å²) in [6.45, 7) is 3.70. The van der Waals surface area contributed by atoms with Gasteiger partial charge >= 0.3 is 0 Å². The third kappa shape index (κ3) is 5.94. The van der Waals surface area contributed by atoms with Gasteiger partial charge in [0.05, 0.1) is 18.6 Å². The first-order valence-corrected chi connectivity index (χ1v) is 10.5. The Morgan fingerprint density at radius 3 is 2.52 bits per heavy atom. The van der Waals surface area contributed by atoms with Crippen molar-refractivity contribution in [1.29, 1.82) is 0 Å². The van der Waals surface area contributed by atoms with E-state index in [4.69, 9.17) is 4.74 Å². The highest BCUT2D eigenvalue weighted by Gasteiger charge is 2.24. The molecule has 150 valence electrons. The Morgan fingerprint density at radius 1 is 1.15 bits per heavy atom. The summed E-state index contributed by atoms with van der Waals surface area (Å²) < 4.78 is 5.72. The first-order chi connectivity index (χ1) is 13.1. The van der Waals surface area contributed by atoms with Crippen molar-refractivity contribution in [2.24, 2.45) is 0 Å². The molecule has 0 saturated carbocycles. The molecule has 27 heavy (non-hydrogen) atoms. The lowest BCUT2D eigenvalue weighted by Crippen LogP contribution is -2.41. The molecule has 0 aliphatic carbocycles. The fourth-order valence-corrected chi connectivity index (χ4v) is 4.14. The maximum absolute atomic E-state index is 12.5. The number of carbonyl (C=O) groups excluding carboxylic acids is 1. The number of rotatable bonds is 7. The van der Waals surface area contributed by atoms with Crippen molar-refractivity contribution in [2.45, 2.75) is 57.1 Å². The Morgan fingerprint density at radius 2 is 1.89 bits per heavy atom. The van der Waals surface area contributed by atoms with Crippen LogP contribution >= 0.6 is 0 Å². The maximum Gasteiger partial charge on any atom is 0.222 e. The molecule has 2 aliphatic heterocycles. The molecular formula is C22H35N3O2. The Labute approximate surface area is 164 Å². The standard InChI is InChI=1S/C22H35N3O2/c1-24(2)19-11-9-18(10-12-19)21(25-13-5-3-6-14-25)17-23-22(26)16-20-8-4-7-15-27-20/h9-12,20-21H,3-8,13-17H2,1-2H3,(H,23,26). The summed E-state index contributed by atoms with van der Waals surface area (Å²) in [7, 11) is 4.12. The van der Waals surface area contributed by atoms with E-state index < -0.39 is 0 Å². The van der Waals surface area contributed by atoms with Gasteiger partial charge in [-0.05, 0) is 62.9 Å². The van der Waals surface area contributed by atoms with E-state index in [9.17, 15) is 4.79 Å². The zero-order valence-corrected chi connectivity index (χ0v) is 17.0. The van der Waals surface area contributed by atoms with Crippen molar-refractivity contribution in [3.8, 4) is 0 Å². The number of anilines is 1. The Kier molecular flexibility index (Phi) is 7.53. The van der Waals surface area contributed by atoms with Crippen LogP contribution in [0.15, 0.2) is 24.3 Å². The van der Waals surface area contributed by atoms with Crippen molar-refractivity contribution in [3.63, 3.8) is 0 Å². The molecule has 1 amide bonds. The molecule has 2 saturated heterocycles. The van der Waals surface area contributed by atoms with E-state index in [0.717, 1.165) is 32.5 Å². The summed E-state index contributed by atoms with van der Waals surface area (Å²) in [5.41, 5.74) is 2.49. The number of piperidine rings is 1. The van der Waals surface area contributed by atoms with E-state index >= 15 is 0 Å². The van der Waals surface area contributed by atoms with Gasteiger partial charge in [-0.15, -0.1) is 0 Å². The first kappa shape index (κ1) is 20.2. The lowest BCUT2D eigenvalue weighted by Gasteiger charge is -2.35. The Balaban J connectivity index is 1.61. The molecule has 2 unspecified atom stereocenters. The second-order valence-electron chi connectivity index (χ2n) is 8.10. The molecule has 3 rings (SSSR count). The summed E-state index contributed by atoms with van der Waals surface area (Å²) in [6, 6.07) is 9.02. The number of benzene rings is 1. The average Bonchev–Trinajstić information content (AvgIpc) is 2.70. The highest BCUT2D eigenvalue weighted by molar-refractivity contribution is 5.76. The largest absolute Gasteiger partial charge is 0.378 e. The summed E-state index contributed by atoms with van der Waals surface area (Å²) in [6.07, 6.45) is 7.71. The minimum Gasteiger partial charge on any atom is -0.378 e. The van der Waals surface area contributed by atoms with E-state index in [-0.39, 0.29) is 18.1 Å². The summed E-state index contributed by atoms with van der Waals surface area (Å²) in [5.74, 6) is 0.119. The molecule has 2 heterocycles. The highest BCUT2D eigenvalue weighted by atomic mass is 16.5. The van der Waals surface area contributed by atoms with Crippen LogP contribution in [0.25, 0.3) is 0 Å². The first-order valence-electron chi connectivity index (χ1n) is 10.5. The lowest BCUT2D eigenvalue weighted by molar-refractivity contribution is -0.125. The van der Waals surface area contributed by atoms with Crippen molar-refractivity contribution in [1.82, 2.24) is 10.2 Å². The minimum absolute atomic E-state index is 0.103. The normalized spacial score (nSPS) is 22.2. The number of nitrogens with zero attached hydrogens (tertiary/aromatic N) is 2. The van der Waals surface area contributed by atoms with Gasteiger partial charge in [-0.1, -0.05) is 18.6 Å². The molecule has 0 spiro atoms. The van der Waals surface area contributed by atoms with E-state index in [0.29, 0.717) is 13.0 Å². The summed E-state index contributed by atoms with van der Waals surface area (Å²) in [5, 5.41) is 3.19. The molecule has 5 nitrogen and oxygen atoms in total. The summed E-state index contributed by atoms with van der Waals surface area (Å²) >= 11 is 0. The van der Waals surface area contributed by atoms with Crippen LogP contribution in [0.3, 0.4) is 0 Å². The number of likely N-dealkylation sites (tertiary alicyclic amines) is 1. The van der Waals surface area contributed by atoms with Crippen LogP contribution in [0.1, 0.15) is 56.6 Å². The van der Waals surface area contributed by atoms with Gasteiger partial charge < -0.3 is 15.0 Å². The molecule has 2 fully saturated rings. The molecule has 1 N–H and O–H groups in total. The van der Waals surface area contributed by atoms with Gasteiger partial charge in [-0.3, -0.25) is 9.69 Å². The van der Waals surface area contributed by atoms with E-state index in [1.54, 1.807) is 0 Å². The molecule has 0 bridgehead atoms. The molecule has 0 aromatic heterocycles. The van der Waals surface area contributed by atoms with Crippen LogP contribution in [-0.4, -0.2) is 57.2 Å². The number of hydrogen-bond donors (Lipinski definition) is 1. The van der Waals surface area contributed by atoms with Crippen LogP contribution in [0, 0.1) is 0 Å². The van der Waals surface area contributed by atoms with Crippen LogP contribution in [0.4, 0.5) is 5.69 Å². The van der Waals surface area contributed by atoms with E-state index in [1.165, 1.54) is 36.9 Å². The lowest BCUT2D eigenvalue weighted by atomic mass is 10.0. The van der Waals surface area contributed by atoms with Gasteiger partial charge in [-0.25, -0.2) is 0 Å². The molecule has 2 aliphatic rings. The second-order valence-corrected chi connectivity index (χ2v) is 8.10. The van der Waals surface area contributed by atoms with Gasteiger partial charge in [0.15, 0.2) is 0 Å². The van der Waals surface area contributed by atoms with Crippen LogP contribution in [0.2, 0.25) is 0 Å². The number of carbonyl (C=O) groups is 1. The monoisotopic (exact) mass is 373 g/mol. The van der Waals surface area contributed by atoms with Gasteiger partial charge in [0.1, 0.15) is 0 Å². The average molecular weight is 374 g/mol. The number of ether oxygens (including phenoxy) is 1. The second kappa shape index (κ2) is 10.1. The van der Waals surface area contributed by atoms with E-state index in [2.05, 4.69) is 53.5 Å². The van der Waals surface area contributed by atoms with Crippen LogP contribution in [0.5, 0.6) is 0 Å². The zero-order valence-electron chi connectivity index (χ0n) is 17.0. The van der Waals surface area contributed by atoms with Crippen LogP contribution < -0.4 is 10.2 Å². The molecular weight excluding hydrogens is 338 g/mol. The zero-order chi connectivity index (χ0) is 19.1. The molecule has 5 heteroatoms. The van der Waals surface area contributed by atoms with Crippen molar-refractivity contribution >= 4 is 11.6 Å². The fraction of sp³-hybridized carbons (Fsp3) is 0.682. The van der Waals surface area contributed by atoms with Gasteiger partial charge in [0, 0.05) is 32.9 Å². The highest BCUT2D eigenvalue weighted by Crippen LogP contribution is 2.26. The maximum atomic E-state index is 12.5. The fourth-order valence-electron chi connectivity index (χ4n) is 4.14. The van der Waals surface area contributed by atoms with Gasteiger partial charge in [-0.2, -0.15) is 0 Å². The third-order valence-corrected chi connectivity index (χ3v) is 5.81. The number of hydrogen-bond acceptors (Lipinski definition) is 4. The van der Waals surface area contributed by atoms with Crippen molar-refractivity contribution in [3.05, 3.63) is 29.8 Å². The topological polar surface area (TPSA) is 44.8 Å².